The van der Waals surface area contributed by atoms with Crippen LogP contribution in [0.1, 0.15) is 34.1 Å². The number of amides is 1. The van der Waals surface area contributed by atoms with Crippen LogP contribution in [0.4, 0.5) is 0 Å². The Balaban J connectivity index is 4.63. The summed E-state index contributed by atoms with van der Waals surface area (Å²) in [6.07, 6.45) is 0.896. The maximum absolute atomic E-state index is 11.9. The van der Waals surface area contributed by atoms with Crippen LogP contribution >= 0.6 is 0 Å². The topological polar surface area (TPSA) is 78.9 Å². The van der Waals surface area contributed by atoms with Gasteiger partial charge in [-0.2, -0.15) is 0 Å². The second-order valence-electron chi connectivity index (χ2n) is 3.87. The van der Waals surface area contributed by atoms with E-state index < -0.39 is 5.92 Å². The second kappa shape index (κ2) is 6.27. The van der Waals surface area contributed by atoms with E-state index in [0.29, 0.717) is 6.54 Å². The van der Waals surface area contributed by atoms with Gasteiger partial charge in [0, 0.05) is 12.6 Å². The highest BCUT2D eigenvalue weighted by molar-refractivity contribution is 6.01. The van der Waals surface area contributed by atoms with E-state index in [2.05, 4.69) is 5.16 Å². The van der Waals surface area contributed by atoms with Crippen molar-refractivity contribution in [3.63, 3.8) is 0 Å². The predicted molar refractivity (Wildman–Crippen MR) is 59.7 cm³/mol. The molecule has 5 heteroatoms. The molecule has 0 heterocycles. The molecule has 0 aromatic rings. The number of amidine groups is 1. The van der Waals surface area contributed by atoms with E-state index in [1.54, 1.807) is 11.8 Å². The van der Waals surface area contributed by atoms with Crippen molar-refractivity contribution in [2.75, 3.05) is 6.54 Å². The van der Waals surface area contributed by atoms with Gasteiger partial charge in [0.1, 0.15) is 0 Å². The SMILES string of the molecule is CCCN(C(=O)C(C)C(N)=NO)C(C)C. The molecule has 1 amide bonds. The summed E-state index contributed by atoms with van der Waals surface area (Å²) in [5.41, 5.74) is 5.40. The zero-order chi connectivity index (χ0) is 12.0. The lowest BCUT2D eigenvalue weighted by molar-refractivity contribution is -0.134. The number of rotatable bonds is 5. The highest BCUT2D eigenvalue weighted by Gasteiger charge is 2.24. The van der Waals surface area contributed by atoms with Gasteiger partial charge in [-0.3, -0.25) is 4.79 Å². The normalized spacial score (nSPS) is 14.1. The van der Waals surface area contributed by atoms with E-state index in [0.717, 1.165) is 6.42 Å². The standard InChI is InChI=1S/C10H21N3O2/c1-5-6-13(7(2)3)10(14)8(4)9(11)12-15/h7-8,15H,5-6H2,1-4H3,(H2,11,12). The summed E-state index contributed by atoms with van der Waals surface area (Å²) in [5.74, 6) is -0.701. The van der Waals surface area contributed by atoms with Crippen molar-refractivity contribution < 1.29 is 10.0 Å². The number of carbonyl (C=O) groups excluding carboxylic acids is 1. The molecule has 88 valence electrons. The Labute approximate surface area is 90.9 Å². The third-order valence-corrected chi connectivity index (χ3v) is 2.30. The van der Waals surface area contributed by atoms with Gasteiger partial charge in [0.2, 0.25) is 5.91 Å². The van der Waals surface area contributed by atoms with Crippen molar-refractivity contribution in [1.29, 1.82) is 0 Å². The molecule has 0 aromatic carbocycles. The Morgan fingerprint density at radius 1 is 1.47 bits per heavy atom. The first-order valence-electron chi connectivity index (χ1n) is 5.23. The van der Waals surface area contributed by atoms with Crippen molar-refractivity contribution in [3.05, 3.63) is 0 Å². The van der Waals surface area contributed by atoms with Crippen LogP contribution in [-0.2, 0) is 4.79 Å². The minimum Gasteiger partial charge on any atom is -0.409 e. The fourth-order valence-electron chi connectivity index (χ4n) is 1.33. The molecule has 0 bridgehead atoms. The van der Waals surface area contributed by atoms with Crippen LogP contribution in [0.25, 0.3) is 0 Å². The lowest BCUT2D eigenvalue weighted by Gasteiger charge is -2.28. The Bertz CT molecular complexity index is 239. The summed E-state index contributed by atoms with van der Waals surface area (Å²) in [6.45, 7) is 8.25. The summed E-state index contributed by atoms with van der Waals surface area (Å²) in [5, 5.41) is 11.4. The van der Waals surface area contributed by atoms with E-state index in [-0.39, 0.29) is 17.8 Å². The Morgan fingerprint density at radius 3 is 2.33 bits per heavy atom. The molecule has 0 aliphatic carbocycles. The zero-order valence-corrected chi connectivity index (χ0v) is 9.90. The molecule has 0 aromatic heterocycles. The fraction of sp³-hybridized carbons (Fsp3) is 0.800. The molecule has 1 unspecified atom stereocenters. The molecule has 0 aliphatic heterocycles. The molecule has 15 heavy (non-hydrogen) atoms. The Morgan fingerprint density at radius 2 is 2.00 bits per heavy atom. The molecule has 0 saturated heterocycles. The maximum atomic E-state index is 11.9. The quantitative estimate of drug-likeness (QED) is 0.311. The number of hydrogen-bond acceptors (Lipinski definition) is 3. The molecule has 3 N–H and O–H groups in total. The molecular formula is C10H21N3O2. The molecule has 0 spiro atoms. The van der Waals surface area contributed by atoms with Gasteiger partial charge < -0.3 is 15.8 Å². The lowest BCUT2D eigenvalue weighted by Crippen LogP contribution is -2.44. The van der Waals surface area contributed by atoms with Gasteiger partial charge in [0.15, 0.2) is 5.84 Å². The van der Waals surface area contributed by atoms with Crippen LogP contribution in [0.15, 0.2) is 5.16 Å². The Kier molecular flexibility index (Phi) is 5.74. The van der Waals surface area contributed by atoms with Crippen LogP contribution in [0.5, 0.6) is 0 Å². The first-order valence-corrected chi connectivity index (χ1v) is 5.23. The lowest BCUT2D eigenvalue weighted by atomic mass is 10.1. The van der Waals surface area contributed by atoms with E-state index in [1.165, 1.54) is 0 Å². The summed E-state index contributed by atoms with van der Waals surface area (Å²) in [4.78, 5) is 13.7. The smallest absolute Gasteiger partial charge is 0.233 e. The van der Waals surface area contributed by atoms with Crippen molar-refractivity contribution in [1.82, 2.24) is 4.90 Å². The zero-order valence-electron chi connectivity index (χ0n) is 9.90. The van der Waals surface area contributed by atoms with Gasteiger partial charge in [0.25, 0.3) is 0 Å². The number of carbonyl (C=O) groups is 1. The molecular weight excluding hydrogens is 194 g/mol. The molecule has 0 saturated carbocycles. The van der Waals surface area contributed by atoms with Crippen molar-refractivity contribution >= 4 is 11.7 Å². The van der Waals surface area contributed by atoms with Gasteiger partial charge >= 0.3 is 0 Å². The maximum Gasteiger partial charge on any atom is 0.233 e. The van der Waals surface area contributed by atoms with Gasteiger partial charge in [-0.25, -0.2) is 0 Å². The van der Waals surface area contributed by atoms with Gasteiger partial charge in [0.05, 0.1) is 5.92 Å². The minimum absolute atomic E-state index is 0.0400. The van der Waals surface area contributed by atoms with Crippen LogP contribution in [0, 0.1) is 5.92 Å². The van der Waals surface area contributed by atoms with Gasteiger partial charge in [-0.1, -0.05) is 12.1 Å². The van der Waals surface area contributed by atoms with E-state index in [9.17, 15) is 4.79 Å². The van der Waals surface area contributed by atoms with Crippen molar-refractivity contribution in [2.24, 2.45) is 16.8 Å². The minimum atomic E-state index is -0.566. The van der Waals surface area contributed by atoms with Gasteiger partial charge in [-0.05, 0) is 27.2 Å². The van der Waals surface area contributed by atoms with Crippen LogP contribution < -0.4 is 5.73 Å². The van der Waals surface area contributed by atoms with Crippen molar-refractivity contribution in [3.8, 4) is 0 Å². The summed E-state index contributed by atoms with van der Waals surface area (Å²) < 4.78 is 0. The predicted octanol–water partition coefficient (Wildman–Crippen LogP) is 1.02. The molecule has 0 aliphatic rings. The highest BCUT2D eigenvalue weighted by atomic mass is 16.4. The van der Waals surface area contributed by atoms with Crippen LogP contribution in [0.3, 0.4) is 0 Å². The number of nitrogens with two attached hydrogens (primary N) is 1. The molecule has 0 rings (SSSR count). The van der Waals surface area contributed by atoms with Crippen LogP contribution in [0.2, 0.25) is 0 Å². The van der Waals surface area contributed by atoms with E-state index in [1.807, 2.05) is 20.8 Å². The number of hydrogen-bond donors (Lipinski definition) is 2. The Hall–Kier alpha value is -1.26. The van der Waals surface area contributed by atoms with E-state index >= 15 is 0 Å². The second-order valence-corrected chi connectivity index (χ2v) is 3.87. The first-order chi connectivity index (χ1) is 6.95. The molecule has 0 fully saturated rings. The summed E-state index contributed by atoms with van der Waals surface area (Å²) >= 11 is 0. The summed E-state index contributed by atoms with van der Waals surface area (Å²) in [7, 11) is 0. The third kappa shape index (κ3) is 3.77. The molecule has 5 nitrogen and oxygen atoms in total. The number of nitrogens with zero attached hydrogens (tertiary/aromatic N) is 2. The van der Waals surface area contributed by atoms with Crippen LogP contribution in [-0.4, -0.2) is 34.4 Å². The summed E-state index contributed by atoms with van der Waals surface area (Å²) in [6, 6.07) is 0.131. The fourth-order valence-corrected chi connectivity index (χ4v) is 1.33. The van der Waals surface area contributed by atoms with Gasteiger partial charge in [-0.15, -0.1) is 0 Å². The average Bonchev–Trinajstić information content (AvgIpc) is 2.22. The monoisotopic (exact) mass is 215 g/mol. The molecule has 1 atom stereocenters. The van der Waals surface area contributed by atoms with Crippen molar-refractivity contribution in [2.45, 2.75) is 40.2 Å². The number of oxime groups is 1. The molecule has 0 radical (unpaired) electrons. The first kappa shape index (κ1) is 13.7. The average molecular weight is 215 g/mol. The van der Waals surface area contributed by atoms with E-state index in [4.69, 9.17) is 10.9 Å². The highest BCUT2D eigenvalue weighted by Crippen LogP contribution is 2.08. The third-order valence-electron chi connectivity index (χ3n) is 2.30. The largest absolute Gasteiger partial charge is 0.409 e.